The Morgan fingerprint density at radius 2 is 2.06 bits per heavy atom. The highest BCUT2D eigenvalue weighted by molar-refractivity contribution is 7.92. The molecule has 0 saturated carbocycles. The molecule has 0 fully saturated rings. The Morgan fingerprint density at radius 1 is 1.44 bits per heavy atom. The molecule has 0 aliphatic heterocycles. The van der Waals surface area contributed by atoms with Crippen LogP contribution in [0.2, 0.25) is 0 Å². The first kappa shape index (κ1) is 12.5. The molecule has 0 saturated heterocycles. The molecule has 1 aromatic carbocycles. The van der Waals surface area contributed by atoms with Gasteiger partial charge < -0.3 is 5.11 Å². The number of aromatic carboxylic acids is 1. The normalized spacial score (nSPS) is 11.1. The number of carboxylic acids is 1. The van der Waals surface area contributed by atoms with Crippen molar-refractivity contribution in [3.8, 4) is 0 Å². The predicted molar refractivity (Wildman–Crippen MR) is 61.2 cm³/mol. The van der Waals surface area contributed by atoms with E-state index < -0.39 is 16.0 Å². The molecule has 0 unspecified atom stereocenters. The summed E-state index contributed by atoms with van der Waals surface area (Å²) in [6.07, 6.45) is 1.57. The number of sulfonamides is 1. The zero-order valence-electron chi connectivity index (χ0n) is 9.02. The summed E-state index contributed by atoms with van der Waals surface area (Å²) in [4.78, 5) is 10.8. The van der Waals surface area contributed by atoms with E-state index in [-0.39, 0.29) is 5.56 Å². The lowest BCUT2D eigenvalue weighted by Crippen LogP contribution is -2.10. The van der Waals surface area contributed by atoms with Gasteiger partial charge in [0, 0.05) is 5.69 Å². The first-order valence-corrected chi connectivity index (χ1v) is 6.56. The molecule has 6 heteroatoms. The third-order valence-corrected chi connectivity index (χ3v) is 2.63. The van der Waals surface area contributed by atoms with Crippen molar-refractivity contribution in [3.05, 3.63) is 29.3 Å². The summed E-state index contributed by atoms with van der Waals surface area (Å²) in [5.74, 6) is -1.01. The van der Waals surface area contributed by atoms with E-state index in [4.69, 9.17) is 5.11 Å². The second-order valence-electron chi connectivity index (χ2n) is 3.40. The summed E-state index contributed by atoms with van der Waals surface area (Å²) < 4.78 is 24.3. The van der Waals surface area contributed by atoms with Crippen LogP contribution < -0.4 is 4.72 Å². The van der Waals surface area contributed by atoms with Crippen LogP contribution in [-0.4, -0.2) is 25.7 Å². The summed E-state index contributed by atoms with van der Waals surface area (Å²) in [5, 5.41) is 8.88. The molecule has 1 aromatic rings. The Hall–Kier alpha value is -1.56. The van der Waals surface area contributed by atoms with E-state index in [1.54, 1.807) is 0 Å². The standard InChI is InChI=1S/C10H13NO4S/c1-3-7-6-8(11-16(2,14)15)4-5-9(7)10(12)13/h4-6,11H,3H2,1-2H3,(H,12,13). The number of carboxylic acid groups (broad SMARTS) is 1. The number of rotatable bonds is 4. The molecule has 16 heavy (non-hydrogen) atoms. The predicted octanol–water partition coefficient (Wildman–Crippen LogP) is 1.32. The van der Waals surface area contributed by atoms with E-state index >= 15 is 0 Å². The van der Waals surface area contributed by atoms with Crippen molar-refractivity contribution < 1.29 is 18.3 Å². The van der Waals surface area contributed by atoms with Crippen LogP contribution in [0, 0.1) is 0 Å². The minimum absolute atomic E-state index is 0.196. The third kappa shape index (κ3) is 3.23. The molecule has 0 bridgehead atoms. The van der Waals surface area contributed by atoms with Crippen LogP contribution in [0.15, 0.2) is 18.2 Å². The fraction of sp³-hybridized carbons (Fsp3) is 0.300. The second kappa shape index (κ2) is 4.52. The molecule has 0 amide bonds. The van der Waals surface area contributed by atoms with Crippen molar-refractivity contribution in [2.45, 2.75) is 13.3 Å². The first-order chi connectivity index (χ1) is 7.33. The van der Waals surface area contributed by atoms with Gasteiger partial charge in [0.15, 0.2) is 0 Å². The molecule has 0 aliphatic carbocycles. The molecular weight excluding hydrogens is 230 g/mol. The van der Waals surface area contributed by atoms with Gasteiger partial charge in [-0.15, -0.1) is 0 Å². The minimum Gasteiger partial charge on any atom is -0.478 e. The summed E-state index contributed by atoms with van der Waals surface area (Å²) >= 11 is 0. The van der Waals surface area contributed by atoms with Gasteiger partial charge in [-0.1, -0.05) is 6.92 Å². The smallest absolute Gasteiger partial charge is 0.335 e. The third-order valence-electron chi connectivity index (χ3n) is 2.02. The highest BCUT2D eigenvalue weighted by Crippen LogP contribution is 2.17. The van der Waals surface area contributed by atoms with Crippen LogP contribution in [0.25, 0.3) is 0 Å². The van der Waals surface area contributed by atoms with Crippen LogP contribution in [-0.2, 0) is 16.4 Å². The van der Waals surface area contributed by atoms with Gasteiger partial charge in [0.25, 0.3) is 0 Å². The van der Waals surface area contributed by atoms with E-state index in [9.17, 15) is 13.2 Å². The van der Waals surface area contributed by atoms with Crippen molar-refractivity contribution in [2.24, 2.45) is 0 Å². The van der Waals surface area contributed by atoms with E-state index in [1.807, 2.05) is 6.92 Å². The molecule has 0 heterocycles. The molecule has 2 N–H and O–H groups in total. The second-order valence-corrected chi connectivity index (χ2v) is 5.15. The van der Waals surface area contributed by atoms with Gasteiger partial charge >= 0.3 is 5.97 Å². The minimum atomic E-state index is -3.33. The van der Waals surface area contributed by atoms with Crippen LogP contribution in [0.5, 0.6) is 0 Å². The molecule has 5 nitrogen and oxygen atoms in total. The van der Waals surface area contributed by atoms with Gasteiger partial charge in [-0.25, -0.2) is 13.2 Å². The number of aryl methyl sites for hydroxylation is 1. The number of benzene rings is 1. The van der Waals surface area contributed by atoms with Crippen molar-refractivity contribution in [3.63, 3.8) is 0 Å². The highest BCUT2D eigenvalue weighted by Gasteiger charge is 2.10. The van der Waals surface area contributed by atoms with Crippen molar-refractivity contribution in [1.29, 1.82) is 0 Å². The Kier molecular flexibility index (Phi) is 3.54. The zero-order valence-corrected chi connectivity index (χ0v) is 9.84. The van der Waals surface area contributed by atoms with E-state index in [1.165, 1.54) is 18.2 Å². The number of nitrogens with one attached hydrogen (secondary N) is 1. The van der Waals surface area contributed by atoms with Gasteiger partial charge in [-0.2, -0.15) is 0 Å². The lowest BCUT2D eigenvalue weighted by atomic mass is 10.0. The van der Waals surface area contributed by atoms with Crippen molar-refractivity contribution >= 4 is 21.7 Å². The van der Waals surface area contributed by atoms with Gasteiger partial charge in [-0.05, 0) is 30.2 Å². The van der Waals surface area contributed by atoms with Crippen LogP contribution in [0.1, 0.15) is 22.8 Å². The SMILES string of the molecule is CCc1cc(NS(C)(=O)=O)ccc1C(=O)O. The Balaban J connectivity index is 3.14. The Morgan fingerprint density at radius 3 is 2.50 bits per heavy atom. The van der Waals surface area contributed by atoms with Crippen molar-refractivity contribution in [2.75, 3.05) is 11.0 Å². The molecule has 0 aliphatic rings. The maximum atomic E-state index is 11.0. The lowest BCUT2D eigenvalue weighted by molar-refractivity contribution is 0.0696. The fourth-order valence-corrected chi connectivity index (χ4v) is 1.93. The fourth-order valence-electron chi connectivity index (χ4n) is 1.37. The topological polar surface area (TPSA) is 83.5 Å². The van der Waals surface area contributed by atoms with Crippen LogP contribution >= 0.6 is 0 Å². The lowest BCUT2D eigenvalue weighted by Gasteiger charge is -2.08. The number of hydrogen-bond donors (Lipinski definition) is 2. The van der Waals surface area contributed by atoms with Crippen molar-refractivity contribution in [1.82, 2.24) is 0 Å². The maximum Gasteiger partial charge on any atom is 0.335 e. The van der Waals surface area contributed by atoms with Gasteiger partial charge in [-0.3, -0.25) is 4.72 Å². The molecule has 0 spiro atoms. The van der Waals surface area contributed by atoms with Crippen LogP contribution in [0.3, 0.4) is 0 Å². The quantitative estimate of drug-likeness (QED) is 0.835. The Bertz CT molecular complexity index is 508. The molecule has 0 radical (unpaired) electrons. The number of carbonyl (C=O) groups is 1. The summed E-state index contributed by atoms with van der Waals surface area (Å²) in [5.41, 5.74) is 1.17. The number of hydrogen-bond acceptors (Lipinski definition) is 3. The van der Waals surface area contributed by atoms with E-state index in [0.717, 1.165) is 6.26 Å². The molecule has 0 aromatic heterocycles. The highest BCUT2D eigenvalue weighted by atomic mass is 32.2. The average Bonchev–Trinajstić information content (AvgIpc) is 2.14. The number of anilines is 1. The Labute approximate surface area is 94.2 Å². The van der Waals surface area contributed by atoms with E-state index in [2.05, 4.69) is 4.72 Å². The largest absolute Gasteiger partial charge is 0.478 e. The first-order valence-electron chi connectivity index (χ1n) is 4.67. The van der Waals surface area contributed by atoms with E-state index in [0.29, 0.717) is 17.7 Å². The van der Waals surface area contributed by atoms with Gasteiger partial charge in [0.05, 0.1) is 11.8 Å². The summed E-state index contributed by atoms with van der Waals surface area (Å²) in [6.45, 7) is 1.81. The zero-order chi connectivity index (χ0) is 12.3. The van der Waals surface area contributed by atoms with Gasteiger partial charge in [0.2, 0.25) is 10.0 Å². The monoisotopic (exact) mass is 243 g/mol. The van der Waals surface area contributed by atoms with Crippen LogP contribution in [0.4, 0.5) is 5.69 Å². The molecular formula is C10H13NO4S. The molecule has 0 atom stereocenters. The molecule has 88 valence electrons. The summed E-state index contributed by atoms with van der Waals surface area (Å²) in [7, 11) is -3.33. The van der Waals surface area contributed by atoms with Gasteiger partial charge in [0.1, 0.15) is 0 Å². The molecule has 1 rings (SSSR count). The average molecular weight is 243 g/mol. The maximum absolute atomic E-state index is 11.0. The summed E-state index contributed by atoms with van der Waals surface area (Å²) in [6, 6.07) is 4.36.